The Kier molecular flexibility index (Phi) is 7.52. The molecule has 0 unspecified atom stereocenters. The van der Waals surface area contributed by atoms with Gasteiger partial charge in [0.25, 0.3) is 5.91 Å². The first-order chi connectivity index (χ1) is 12.6. The van der Waals surface area contributed by atoms with Crippen LogP contribution < -0.4 is 15.8 Å². The van der Waals surface area contributed by atoms with E-state index in [1.54, 1.807) is 36.4 Å². The molecule has 5 nitrogen and oxygen atoms in total. The number of thioether (sulfide) groups is 1. The fourth-order valence-corrected chi connectivity index (χ4v) is 2.63. The average Bonchev–Trinajstić information content (AvgIpc) is 2.64. The number of nitrogens with two attached hydrogens (primary N) is 1. The molecule has 0 bridgehead atoms. The lowest BCUT2D eigenvalue weighted by atomic mass is 10.2. The van der Waals surface area contributed by atoms with Crippen LogP contribution in [0.4, 0.5) is 4.39 Å². The Bertz CT molecular complexity index is 829. The number of benzene rings is 2. The average molecular weight is 372 g/mol. The van der Waals surface area contributed by atoms with E-state index in [2.05, 4.69) is 17.2 Å². The van der Waals surface area contributed by atoms with Gasteiger partial charge in [-0.1, -0.05) is 24.0 Å². The lowest BCUT2D eigenvalue weighted by Gasteiger charge is -2.05. The maximum absolute atomic E-state index is 12.8. The second-order valence-corrected chi connectivity index (χ2v) is 6.07. The van der Waals surface area contributed by atoms with E-state index < -0.39 is 5.91 Å². The molecule has 0 saturated carbocycles. The molecule has 0 atom stereocenters. The number of halogens is 1. The number of hydrogen-bond donors (Lipinski definition) is 2. The fourth-order valence-electron chi connectivity index (χ4n) is 1.90. The Morgan fingerprint density at radius 3 is 2.58 bits per heavy atom. The molecular weight excluding hydrogens is 355 g/mol. The minimum absolute atomic E-state index is 0.0739. The van der Waals surface area contributed by atoms with Crippen LogP contribution in [0.2, 0.25) is 0 Å². The number of nitrogens with one attached hydrogen (secondary N) is 1. The Balaban J connectivity index is 1.68. The zero-order chi connectivity index (χ0) is 18.8. The zero-order valence-corrected chi connectivity index (χ0v) is 14.6. The molecule has 2 amide bonds. The second kappa shape index (κ2) is 10.1. The van der Waals surface area contributed by atoms with Gasteiger partial charge in [-0.25, -0.2) is 4.39 Å². The smallest absolute Gasteiger partial charge is 0.252 e. The van der Waals surface area contributed by atoms with Crippen LogP contribution in [0.5, 0.6) is 5.75 Å². The van der Waals surface area contributed by atoms with Crippen molar-refractivity contribution in [2.24, 2.45) is 5.73 Å². The third kappa shape index (κ3) is 6.49. The van der Waals surface area contributed by atoms with Crippen LogP contribution in [0.3, 0.4) is 0 Å². The molecule has 26 heavy (non-hydrogen) atoms. The molecule has 2 aromatic rings. The summed E-state index contributed by atoms with van der Waals surface area (Å²) >= 11 is 1.31. The summed E-state index contributed by atoms with van der Waals surface area (Å²) in [6, 6.07) is 12.6. The largest absolute Gasteiger partial charge is 0.480 e. The predicted octanol–water partition coefficient (Wildman–Crippen LogP) is 2.22. The molecule has 7 heteroatoms. The molecule has 0 fully saturated rings. The summed E-state index contributed by atoms with van der Waals surface area (Å²) in [5, 5.41) is 2.66. The number of carbonyl (C=O) groups excluding carboxylic acids is 2. The van der Waals surface area contributed by atoms with Gasteiger partial charge < -0.3 is 15.8 Å². The third-order valence-electron chi connectivity index (χ3n) is 3.13. The molecule has 0 saturated heterocycles. The summed E-state index contributed by atoms with van der Waals surface area (Å²) in [5.41, 5.74) is 5.55. The summed E-state index contributed by atoms with van der Waals surface area (Å²) in [6.07, 6.45) is 0. The van der Waals surface area contributed by atoms with Gasteiger partial charge in [-0.15, -0.1) is 11.8 Å². The number of para-hydroxylation sites is 1. The highest BCUT2D eigenvalue weighted by Crippen LogP contribution is 2.18. The van der Waals surface area contributed by atoms with Gasteiger partial charge in [0.2, 0.25) is 5.91 Å². The van der Waals surface area contributed by atoms with E-state index in [1.807, 2.05) is 0 Å². The van der Waals surface area contributed by atoms with Gasteiger partial charge in [0, 0.05) is 4.90 Å². The Morgan fingerprint density at radius 2 is 1.85 bits per heavy atom. The van der Waals surface area contributed by atoms with Crippen molar-refractivity contribution >= 4 is 23.6 Å². The predicted molar refractivity (Wildman–Crippen MR) is 98.4 cm³/mol. The quantitative estimate of drug-likeness (QED) is 0.577. The van der Waals surface area contributed by atoms with E-state index in [0.29, 0.717) is 11.3 Å². The Hall–Kier alpha value is -2.98. The van der Waals surface area contributed by atoms with Gasteiger partial charge in [0.15, 0.2) is 0 Å². The minimum Gasteiger partial charge on any atom is -0.480 e. The molecule has 0 heterocycles. The molecule has 0 aliphatic carbocycles. The summed E-state index contributed by atoms with van der Waals surface area (Å²) in [6.45, 7) is 0.258. The van der Waals surface area contributed by atoms with Gasteiger partial charge in [-0.2, -0.15) is 0 Å². The van der Waals surface area contributed by atoms with Crippen LogP contribution in [0.25, 0.3) is 0 Å². The van der Waals surface area contributed by atoms with Crippen molar-refractivity contribution in [3.8, 4) is 17.6 Å². The Morgan fingerprint density at radius 1 is 1.12 bits per heavy atom. The van der Waals surface area contributed by atoms with Gasteiger partial charge in [-0.05, 0) is 36.4 Å². The van der Waals surface area contributed by atoms with Crippen LogP contribution in [0.1, 0.15) is 10.4 Å². The first-order valence-electron chi connectivity index (χ1n) is 7.68. The van der Waals surface area contributed by atoms with E-state index in [1.165, 1.54) is 23.9 Å². The van der Waals surface area contributed by atoms with Gasteiger partial charge in [-0.3, -0.25) is 9.59 Å². The fraction of sp³-hybridized carbons (Fsp3) is 0.158. The van der Waals surface area contributed by atoms with Crippen molar-refractivity contribution in [3.05, 3.63) is 59.9 Å². The van der Waals surface area contributed by atoms with Crippen LogP contribution >= 0.6 is 11.8 Å². The highest BCUT2D eigenvalue weighted by Gasteiger charge is 2.07. The monoisotopic (exact) mass is 372 g/mol. The van der Waals surface area contributed by atoms with E-state index in [0.717, 1.165) is 4.90 Å². The summed E-state index contributed by atoms with van der Waals surface area (Å²) < 4.78 is 18.2. The van der Waals surface area contributed by atoms with Gasteiger partial charge >= 0.3 is 0 Å². The molecule has 0 aromatic heterocycles. The molecule has 134 valence electrons. The zero-order valence-electron chi connectivity index (χ0n) is 13.8. The van der Waals surface area contributed by atoms with Crippen molar-refractivity contribution in [1.29, 1.82) is 0 Å². The first kappa shape index (κ1) is 19.3. The number of primary amides is 1. The summed E-state index contributed by atoms with van der Waals surface area (Å²) in [5.74, 6) is 5.04. The molecule has 2 aromatic carbocycles. The van der Waals surface area contributed by atoms with Gasteiger partial charge in [0.1, 0.15) is 18.2 Å². The van der Waals surface area contributed by atoms with Crippen LogP contribution in [-0.4, -0.2) is 30.7 Å². The van der Waals surface area contributed by atoms with E-state index in [4.69, 9.17) is 10.5 Å². The van der Waals surface area contributed by atoms with E-state index in [-0.39, 0.29) is 30.6 Å². The van der Waals surface area contributed by atoms with Crippen LogP contribution in [0.15, 0.2) is 53.4 Å². The van der Waals surface area contributed by atoms with Crippen LogP contribution in [-0.2, 0) is 4.79 Å². The number of ether oxygens (including phenoxy) is 1. The molecule has 0 radical (unpaired) electrons. The maximum atomic E-state index is 12.8. The number of amides is 2. The lowest BCUT2D eigenvalue weighted by molar-refractivity contribution is -0.118. The second-order valence-electron chi connectivity index (χ2n) is 5.02. The van der Waals surface area contributed by atoms with Crippen molar-refractivity contribution in [2.75, 3.05) is 18.9 Å². The molecule has 0 aliphatic rings. The highest BCUT2D eigenvalue weighted by atomic mass is 32.2. The number of carbonyl (C=O) groups is 2. The first-order valence-corrected chi connectivity index (χ1v) is 8.67. The van der Waals surface area contributed by atoms with E-state index >= 15 is 0 Å². The molecule has 3 N–H and O–H groups in total. The molecule has 0 aliphatic heterocycles. The molecule has 2 rings (SSSR count). The normalized spacial score (nSPS) is 9.73. The minimum atomic E-state index is -0.570. The van der Waals surface area contributed by atoms with E-state index in [9.17, 15) is 14.0 Å². The van der Waals surface area contributed by atoms with Crippen molar-refractivity contribution in [2.45, 2.75) is 4.90 Å². The number of rotatable bonds is 7. The Labute approximate surface area is 155 Å². The summed E-state index contributed by atoms with van der Waals surface area (Å²) in [4.78, 5) is 23.8. The van der Waals surface area contributed by atoms with Crippen LogP contribution in [0, 0.1) is 17.7 Å². The van der Waals surface area contributed by atoms with Crippen molar-refractivity contribution in [1.82, 2.24) is 5.32 Å². The number of hydrogen-bond acceptors (Lipinski definition) is 4. The highest BCUT2D eigenvalue weighted by molar-refractivity contribution is 8.00. The molecule has 0 spiro atoms. The standard InChI is InChI=1S/C19H17FN2O3S/c20-14-7-9-15(10-8-14)26-13-18(23)22-11-3-4-12-25-17-6-2-1-5-16(17)19(21)24/h1-2,5-10H,11-13H2,(H2,21,24)(H,22,23). The topological polar surface area (TPSA) is 81.4 Å². The maximum Gasteiger partial charge on any atom is 0.252 e. The van der Waals surface area contributed by atoms with Gasteiger partial charge in [0.05, 0.1) is 17.9 Å². The van der Waals surface area contributed by atoms with Crippen molar-refractivity contribution < 1.29 is 18.7 Å². The summed E-state index contributed by atoms with van der Waals surface area (Å²) in [7, 11) is 0. The molecular formula is C19H17FN2O3S. The lowest BCUT2D eigenvalue weighted by Crippen LogP contribution is -2.25. The SMILES string of the molecule is NC(=O)c1ccccc1OCC#CCNC(=O)CSc1ccc(F)cc1. The third-order valence-corrected chi connectivity index (χ3v) is 4.15. The van der Waals surface area contributed by atoms with Crippen molar-refractivity contribution in [3.63, 3.8) is 0 Å².